The number of fused-ring (bicyclic) bond motifs is 1. The summed E-state index contributed by atoms with van der Waals surface area (Å²) in [6, 6.07) is 8.31. The smallest absolute Gasteiger partial charge is 0.248 e. The maximum absolute atomic E-state index is 14.5. The molecule has 3 saturated heterocycles. The maximum atomic E-state index is 14.5. The third kappa shape index (κ3) is 5.61. The highest BCUT2D eigenvalue weighted by molar-refractivity contribution is 5.99. The Hall–Kier alpha value is -2.97. The van der Waals surface area contributed by atoms with Crippen molar-refractivity contribution in [3.63, 3.8) is 0 Å². The van der Waals surface area contributed by atoms with Crippen LogP contribution in [-0.4, -0.2) is 87.6 Å². The highest BCUT2D eigenvalue weighted by atomic mass is 16.5. The van der Waals surface area contributed by atoms with Gasteiger partial charge in [-0.05, 0) is 30.7 Å². The molecule has 0 aromatic heterocycles. The second-order valence-electron chi connectivity index (χ2n) is 11.9. The second kappa shape index (κ2) is 13.3. The zero-order valence-electron chi connectivity index (χ0n) is 24.9. The van der Waals surface area contributed by atoms with Crippen LogP contribution in [0.5, 0.6) is 0 Å². The second-order valence-corrected chi connectivity index (χ2v) is 11.9. The Balaban J connectivity index is 1.75. The lowest BCUT2D eigenvalue weighted by Crippen LogP contribution is -2.59. The lowest BCUT2D eigenvalue weighted by molar-refractivity contribution is -0.153. The first-order valence-electron chi connectivity index (χ1n) is 15.2. The van der Waals surface area contributed by atoms with E-state index in [0.29, 0.717) is 39.0 Å². The number of likely N-dealkylation sites (tertiary alicyclic amines) is 1. The Morgan fingerprint density at radius 2 is 1.83 bits per heavy atom. The number of amides is 3. The third-order valence-electron chi connectivity index (χ3n) is 9.42. The molecule has 0 radical (unpaired) electrons. The van der Waals surface area contributed by atoms with Gasteiger partial charge in [-0.15, -0.1) is 13.2 Å². The van der Waals surface area contributed by atoms with Crippen LogP contribution in [0.25, 0.3) is 0 Å². The van der Waals surface area contributed by atoms with Crippen LogP contribution in [0.3, 0.4) is 0 Å². The number of aliphatic hydroxyl groups is 1. The van der Waals surface area contributed by atoms with Gasteiger partial charge >= 0.3 is 0 Å². The summed E-state index contributed by atoms with van der Waals surface area (Å²) in [5, 5.41) is 10.6. The first kappa shape index (κ1) is 31.0. The van der Waals surface area contributed by atoms with Crippen LogP contribution in [0, 0.1) is 17.8 Å². The van der Waals surface area contributed by atoms with Crippen LogP contribution in [0.4, 0.5) is 0 Å². The van der Waals surface area contributed by atoms with Crippen LogP contribution in [0.1, 0.15) is 58.4 Å². The van der Waals surface area contributed by atoms with Gasteiger partial charge in [0.25, 0.3) is 0 Å². The molecule has 0 aliphatic carbocycles. The predicted molar refractivity (Wildman–Crippen MR) is 159 cm³/mol. The molecule has 8 nitrogen and oxygen atoms in total. The number of rotatable bonds is 15. The largest absolute Gasteiger partial charge is 0.394 e. The average Bonchev–Trinajstić information content (AvgIpc) is 3.63. The van der Waals surface area contributed by atoms with Crippen LogP contribution in [0.15, 0.2) is 55.6 Å². The van der Waals surface area contributed by atoms with E-state index in [0.717, 1.165) is 24.8 Å². The number of hydrogen-bond donors (Lipinski definition) is 1. The highest BCUT2D eigenvalue weighted by Gasteiger charge is 2.75. The normalized spacial score (nSPS) is 27.8. The molecule has 1 aromatic carbocycles. The number of unbranched alkanes of at least 4 members (excludes halogenated alkanes) is 1. The van der Waals surface area contributed by atoms with Gasteiger partial charge in [-0.25, -0.2) is 0 Å². The molecule has 3 heterocycles. The molecule has 3 aliphatic rings. The molecule has 0 saturated carbocycles. The monoisotopic (exact) mass is 565 g/mol. The molecule has 8 heteroatoms. The van der Waals surface area contributed by atoms with Crippen molar-refractivity contribution in [1.29, 1.82) is 0 Å². The van der Waals surface area contributed by atoms with Crippen LogP contribution in [-0.2, 0) is 25.7 Å². The zero-order valence-corrected chi connectivity index (χ0v) is 24.9. The van der Waals surface area contributed by atoms with E-state index < -0.39 is 35.6 Å². The van der Waals surface area contributed by atoms with Gasteiger partial charge in [-0.2, -0.15) is 0 Å². The molecule has 1 spiro atoms. The molecule has 2 unspecified atom stereocenters. The Kier molecular flexibility index (Phi) is 10.1. The molecule has 1 N–H and O–H groups in total. The van der Waals surface area contributed by atoms with Crippen LogP contribution in [0.2, 0.25) is 0 Å². The summed E-state index contributed by atoms with van der Waals surface area (Å²) < 4.78 is 6.68. The van der Waals surface area contributed by atoms with E-state index in [-0.39, 0.29) is 30.2 Å². The molecular weight excluding hydrogens is 518 g/mol. The maximum Gasteiger partial charge on any atom is 0.248 e. The molecule has 3 amide bonds. The summed E-state index contributed by atoms with van der Waals surface area (Å²) in [6.45, 7) is 15.2. The third-order valence-corrected chi connectivity index (χ3v) is 9.42. The lowest BCUT2D eigenvalue weighted by Gasteiger charge is -2.41. The van der Waals surface area contributed by atoms with Crippen molar-refractivity contribution in [2.45, 2.75) is 83.2 Å². The summed E-state index contributed by atoms with van der Waals surface area (Å²) >= 11 is 0. The van der Waals surface area contributed by atoms with E-state index in [1.54, 1.807) is 26.9 Å². The molecule has 4 rings (SSSR count). The minimum atomic E-state index is -1.10. The van der Waals surface area contributed by atoms with Crippen molar-refractivity contribution < 1.29 is 24.2 Å². The standard InChI is InChI=1S/C33H47N3O5/c1-6-10-20-34(18-7-2)32(40)29-33-17-16-26(41-33)27(28(33)31(39)36(29)25(22-37)23(5)9-4)30(38)35(19-8-3)21-24-14-12-11-13-15-24/h7-8,11-15,23,25-29,37H,2-3,6,9-10,16-22H2,1,4-5H3/t23-,25-,26-,27+,28-,29?,33?/m0/s1. The number of carbonyl (C=O) groups is 3. The molecule has 7 atom stereocenters. The Labute approximate surface area is 245 Å². The lowest BCUT2D eigenvalue weighted by atomic mass is 9.70. The van der Waals surface area contributed by atoms with Crippen molar-refractivity contribution in [3.05, 3.63) is 61.2 Å². The van der Waals surface area contributed by atoms with Gasteiger partial charge in [0.2, 0.25) is 17.7 Å². The predicted octanol–water partition coefficient (Wildman–Crippen LogP) is 3.80. The van der Waals surface area contributed by atoms with Crippen LogP contribution >= 0.6 is 0 Å². The molecule has 41 heavy (non-hydrogen) atoms. The summed E-state index contributed by atoms with van der Waals surface area (Å²) in [6.07, 6.45) is 6.58. The van der Waals surface area contributed by atoms with Crippen molar-refractivity contribution in [2.24, 2.45) is 17.8 Å². The molecule has 3 aliphatic heterocycles. The van der Waals surface area contributed by atoms with E-state index in [1.807, 2.05) is 44.2 Å². The van der Waals surface area contributed by atoms with Crippen molar-refractivity contribution in [3.8, 4) is 0 Å². The number of aliphatic hydroxyl groups excluding tert-OH is 1. The number of hydrogen-bond acceptors (Lipinski definition) is 5. The van der Waals surface area contributed by atoms with Crippen molar-refractivity contribution >= 4 is 17.7 Å². The Morgan fingerprint density at radius 3 is 2.44 bits per heavy atom. The number of benzene rings is 1. The summed E-state index contributed by atoms with van der Waals surface area (Å²) in [7, 11) is 0. The fraction of sp³-hybridized carbons (Fsp3) is 0.606. The number of ether oxygens (including phenoxy) is 1. The summed E-state index contributed by atoms with van der Waals surface area (Å²) in [4.78, 5) is 48.3. The van der Waals surface area contributed by atoms with Gasteiger partial charge < -0.3 is 24.5 Å². The van der Waals surface area contributed by atoms with E-state index in [2.05, 4.69) is 20.1 Å². The fourth-order valence-corrected chi connectivity index (χ4v) is 7.20. The average molecular weight is 566 g/mol. The van der Waals surface area contributed by atoms with E-state index in [4.69, 9.17) is 4.74 Å². The zero-order chi connectivity index (χ0) is 29.7. The molecule has 1 aromatic rings. The molecule has 3 fully saturated rings. The fourth-order valence-electron chi connectivity index (χ4n) is 7.20. The molecule has 224 valence electrons. The molecule has 2 bridgehead atoms. The van der Waals surface area contributed by atoms with Gasteiger partial charge in [0.1, 0.15) is 11.6 Å². The Morgan fingerprint density at radius 1 is 1.15 bits per heavy atom. The van der Waals surface area contributed by atoms with Gasteiger partial charge in [0.15, 0.2) is 0 Å². The minimum Gasteiger partial charge on any atom is -0.394 e. The highest BCUT2D eigenvalue weighted by Crippen LogP contribution is 2.59. The quantitative estimate of drug-likeness (QED) is 0.327. The van der Waals surface area contributed by atoms with Gasteiger partial charge in [-0.3, -0.25) is 14.4 Å². The number of nitrogens with zero attached hydrogens (tertiary/aromatic N) is 3. The van der Waals surface area contributed by atoms with Crippen molar-refractivity contribution in [1.82, 2.24) is 14.7 Å². The van der Waals surface area contributed by atoms with E-state index in [1.165, 1.54) is 0 Å². The van der Waals surface area contributed by atoms with Gasteiger partial charge in [0, 0.05) is 26.2 Å². The van der Waals surface area contributed by atoms with Crippen LogP contribution < -0.4 is 0 Å². The van der Waals surface area contributed by atoms with E-state index in [9.17, 15) is 19.5 Å². The summed E-state index contributed by atoms with van der Waals surface area (Å²) in [5.74, 6) is -2.10. The summed E-state index contributed by atoms with van der Waals surface area (Å²) in [5.41, 5.74) is -0.111. The topological polar surface area (TPSA) is 90.4 Å². The van der Waals surface area contributed by atoms with Crippen molar-refractivity contribution in [2.75, 3.05) is 26.2 Å². The Bertz CT molecular complexity index is 1110. The SMILES string of the molecule is C=CCN(CCCC)C(=O)C1N([C@@H](CO)[C@@H](C)CC)C(=O)[C@@H]2[C@H](C(=O)N(CC=C)Cc3ccccc3)[C@@H]3CCC12O3. The first-order chi connectivity index (χ1) is 19.8. The number of carbonyl (C=O) groups excluding carboxylic acids is 3. The molecular formula is C33H47N3O5. The van der Waals surface area contributed by atoms with Gasteiger partial charge in [-0.1, -0.05) is 76.1 Å². The first-order valence-corrected chi connectivity index (χ1v) is 15.2. The van der Waals surface area contributed by atoms with Gasteiger partial charge in [0.05, 0.1) is 30.6 Å². The van der Waals surface area contributed by atoms with E-state index >= 15 is 0 Å². The minimum absolute atomic E-state index is 0.0420.